The van der Waals surface area contributed by atoms with Crippen LogP contribution in [0.5, 0.6) is 0 Å². The molecule has 3 saturated heterocycles. The number of amides is 4. The zero-order chi connectivity index (χ0) is 25.3. The van der Waals surface area contributed by atoms with Gasteiger partial charge in [-0.25, -0.2) is 4.79 Å². The molecule has 3 heterocycles. The zero-order valence-corrected chi connectivity index (χ0v) is 20.5. The number of likely N-dealkylation sites (N-methyl/N-ethyl adjacent to an activating group) is 1. The van der Waals surface area contributed by atoms with Crippen molar-refractivity contribution in [1.82, 2.24) is 20.0 Å². The third-order valence-corrected chi connectivity index (χ3v) is 6.92. The van der Waals surface area contributed by atoms with E-state index in [1.165, 1.54) is 30.7 Å². The van der Waals surface area contributed by atoms with E-state index in [1.807, 2.05) is 6.92 Å². The first-order valence-corrected chi connectivity index (χ1v) is 12.0. The Labute approximate surface area is 199 Å². The van der Waals surface area contributed by atoms with Crippen LogP contribution in [0, 0.1) is 5.92 Å². The molecule has 11 heteroatoms. The number of nitrogens with one attached hydrogen (secondary N) is 1. The van der Waals surface area contributed by atoms with Gasteiger partial charge in [0.2, 0.25) is 23.6 Å². The Hall–Kier alpha value is -2.69. The Morgan fingerprint density at radius 1 is 1.03 bits per heavy atom. The first-order chi connectivity index (χ1) is 15.9. The molecule has 3 aliphatic heterocycles. The molecule has 3 fully saturated rings. The summed E-state index contributed by atoms with van der Waals surface area (Å²) in [7, 11) is 1.42. The van der Waals surface area contributed by atoms with Crippen LogP contribution in [-0.2, 0) is 28.7 Å². The molecule has 0 aromatic heterocycles. The second-order valence-corrected chi connectivity index (χ2v) is 9.91. The van der Waals surface area contributed by atoms with Gasteiger partial charge in [-0.05, 0) is 46.0 Å². The summed E-state index contributed by atoms with van der Waals surface area (Å²) in [5, 5.41) is 12.9. The average Bonchev–Trinajstić information content (AvgIpc) is 3.38. The van der Waals surface area contributed by atoms with Crippen molar-refractivity contribution in [3.63, 3.8) is 0 Å². The SMILES string of the molecule is C[C@@H]1CC2C(=O)O[C@@H](C)CC(=O)N3CCCC3C(=O)N(C)[C@@H]([C@H](C)O)C(=O)N[C@@H](C)C(=O)N2C1. The Kier molecular flexibility index (Phi) is 7.84. The molecular formula is C23H36N4O7. The van der Waals surface area contributed by atoms with Gasteiger partial charge in [-0.3, -0.25) is 19.2 Å². The van der Waals surface area contributed by atoms with Crippen LogP contribution in [-0.4, -0.2) is 106 Å². The van der Waals surface area contributed by atoms with Crippen LogP contribution in [0.15, 0.2) is 0 Å². The molecular weight excluding hydrogens is 444 g/mol. The average molecular weight is 481 g/mol. The number of esters is 1. The van der Waals surface area contributed by atoms with Crippen molar-refractivity contribution in [3.05, 3.63) is 0 Å². The predicted octanol–water partition coefficient (Wildman–Crippen LogP) is -0.738. The van der Waals surface area contributed by atoms with Gasteiger partial charge in [0.05, 0.1) is 12.5 Å². The molecule has 190 valence electrons. The smallest absolute Gasteiger partial charge is 0.329 e. The molecule has 0 spiro atoms. The largest absolute Gasteiger partial charge is 0.461 e. The molecule has 0 aliphatic carbocycles. The van der Waals surface area contributed by atoms with E-state index in [0.29, 0.717) is 32.4 Å². The highest BCUT2D eigenvalue weighted by molar-refractivity contribution is 5.95. The van der Waals surface area contributed by atoms with E-state index in [1.54, 1.807) is 6.92 Å². The minimum absolute atomic E-state index is 0.0581. The Balaban J connectivity index is 1.95. The number of aliphatic hydroxyl groups excluding tert-OH is 1. The summed E-state index contributed by atoms with van der Waals surface area (Å²) in [5.41, 5.74) is 0. The molecule has 0 bridgehead atoms. The van der Waals surface area contributed by atoms with Gasteiger partial charge in [0, 0.05) is 20.1 Å². The molecule has 2 N–H and O–H groups in total. The van der Waals surface area contributed by atoms with Crippen LogP contribution in [0.2, 0.25) is 0 Å². The van der Waals surface area contributed by atoms with Gasteiger partial charge in [0.15, 0.2) is 0 Å². The van der Waals surface area contributed by atoms with Crippen molar-refractivity contribution >= 4 is 29.6 Å². The first kappa shape index (κ1) is 25.9. The van der Waals surface area contributed by atoms with Gasteiger partial charge in [0.25, 0.3) is 0 Å². The number of cyclic esters (lactones) is 1. The number of ether oxygens (including phenoxy) is 1. The summed E-state index contributed by atoms with van der Waals surface area (Å²) in [6.45, 7) is 7.16. The topological polar surface area (TPSA) is 137 Å². The van der Waals surface area contributed by atoms with Crippen LogP contribution in [0.3, 0.4) is 0 Å². The van der Waals surface area contributed by atoms with Crippen LogP contribution < -0.4 is 5.32 Å². The number of hydrogen-bond donors (Lipinski definition) is 2. The predicted molar refractivity (Wildman–Crippen MR) is 120 cm³/mol. The highest BCUT2D eigenvalue weighted by Gasteiger charge is 2.44. The van der Waals surface area contributed by atoms with Crippen molar-refractivity contribution in [3.8, 4) is 0 Å². The van der Waals surface area contributed by atoms with Gasteiger partial charge in [-0.2, -0.15) is 0 Å². The second kappa shape index (κ2) is 10.3. The quantitative estimate of drug-likeness (QED) is 0.472. The summed E-state index contributed by atoms with van der Waals surface area (Å²) >= 11 is 0. The summed E-state index contributed by atoms with van der Waals surface area (Å²) in [4.78, 5) is 69.4. The third kappa shape index (κ3) is 5.18. The summed E-state index contributed by atoms with van der Waals surface area (Å²) in [5.74, 6) is -2.44. The second-order valence-electron chi connectivity index (χ2n) is 9.91. The maximum atomic E-state index is 13.3. The maximum Gasteiger partial charge on any atom is 0.329 e. The van der Waals surface area contributed by atoms with Crippen molar-refractivity contribution < 1.29 is 33.8 Å². The Bertz CT molecular complexity index is 847. The fraction of sp³-hybridized carbons (Fsp3) is 0.783. The van der Waals surface area contributed by atoms with Crippen LogP contribution in [0.1, 0.15) is 53.4 Å². The summed E-state index contributed by atoms with van der Waals surface area (Å²) in [6, 6.07) is -3.80. The van der Waals surface area contributed by atoms with E-state index >= 15 is 0 Å². The van der Waals surface area contributed by atoms with Crippen LogP contribution in [0.4, 0.5) is 0 Å². The molecule has 7 atom stereocenters. The van der Waals surface area contributed by atoms with E-state index in [-0.39, 0.29) is 18.2 Å². The van der Waals surface area contributed by atoms with Crippen molar-refractivity contribution in [1.29, 1.82) is 0 Å². The van der Waals surface area contributed by atoms with E-state index < -0.39 is 60.1 Å². The highest BCUT2D eigenvalue weighted by atomic mass is 16.5. The summed E-state index contributed by atoms with van der Waals surface area (Å²) in [6.07, 6.45) is -0.552. The molecule has 11 nitrogen and oxygen atoms in total. The lowest BCUT2D eigenvalue weighted by Gasteiger charge is -2.35. The number of rotatable bonds is 1. The van der Waals surface area contributed by atoms with Gasteiger partial charge < -0.3 is 29.9 Å². The maximum absolute atomic E-state index is 13.3. The molecule has 0 saturated carbocycles. The van der Waals surface area contributed by atoms with Crippen LogP contribution in [0.25, 0.3) is 0 Å². The zero-order valence-electron chi connectivity index (χ0n) is 20.5. The standard InChI is InChI=1S/C23H36N4O7/c1-12-9-17-23(33)34-13(2)10-18(29)26-8-6-7-16(26)22(32)25(5)19(15(4)28)20(30)24-14(3)21(31)27(17)11-12/h12-17,19,28H,6-11H2,1-5H3,(H,24,30)/t12-,13+,14+,15+,16?,17?,19+/m1/s1. The lowest BCUT2D eigenvalue weighted by Crippen LogP contribution is -2.60. The molecule has 0 aromatic rings. The van der Waals surface area contributed by atoms with Crippen molar-refractivity contribution in [2.45, 2.75) is 89.8 Å². The Morgan fingerprint density at radius 3 is 2.35 bits per heavy atom. The van der Waals surface area contributed by atoms with E-state index in [2.05, 4.69) is 5.32 Å². The minimum atomic E-state index is -1.25. The molecule has 34 heavy (non-hydrogen) atoms. The number of hydrogen-bond acceptors (Lipinski definition) is 7. The van der Waals surface area contributed by atoms with E-state index in [4.69, 9.17) is 4.74 Å². The molecule has 4 amide bonds. The highest BCUT2D eigenvalue weighted by Crippen LogP contribution is 2.27. The number of fused-ring (bicyclic) bond motifs is 2. The van der Waals surface area contributed by atoms with E-state index in [0.717, 1.165) is 4.90 Å². The lowest BCUT2D eigenvalue weighted by atomic mass is 10.1. The van der Waals surface area contributed by atoms with Crippen molar-refractivity contribution in [2.75, 3.05) is 20.1 Å². The molecule has 3 rings (SSSR count). The number of aliphatic hydroxyl groups is 1. The van der Waals surface area contributed by atoms with Gasteiger partial charge in [-0.15, -0.1) is 0 Å². The molecule has 3 aliphatic rings. The fourth-order valence-corrected chi connectivity index (χ4v) is 5.22. The van der Waals surface area contributed by atoms with Gasteiger partial charge in [0.1, 0.15) is 30.3 Å². The summed E-state index contributed by atoms with van der Waals surface area (Å²) < 4.78 is 5.54. The van der Waals surface area contributed by atoms with Gasteiger partial charge in [-0.1, -0.05) is 6.92 Å². The van der Waals surface area contributed by atoms with Gasteiger partial charge >= 0.3 is 5.97 Å². The number of nitrogens with zero attached hydrogens (tertiary/aromatic N) is 3. The van der Waals surface area contributed by atoms with Crippen LogP contribution >= 0.6 is 0 Å². The molecule has 0 radical (unpaired) electrons. The number of carbonyl (C=O) groups is 5. The van der Waals surface area contributed by atoms with Crippen molar-refractivity contribution in [2.24, 2.45) is 5.92 Å². The number of carbonyl (C=O) groups excluding carboxylic acids is 5. The molecule has 0 aromatic carbocycles. The molecule has 2 unspecified atom stereocenters. The first-order valence-electron chi connectivity index (χ1n) is 12.0. The third-order valence-electron chi connectivity index (χ3n) is 6.92. The normalized spacial score (nSPS) is 35.1. The fourth-order valence-electron chi connectivity index (χ4n) is 5.22. The van der Waals surface area contributed by atoms with E-state index in [9.17, 15) is 29.1 Å². The lowest BCUT2D eigenvalue weighted by molar-refractivity contribution is -0.160. The minimum Gasteiger partial charge on any atom is -0.461 e. The monoisotopic (exact) mass is 480 g/mol. The Morgan fingerprint density at radius 2 is 1.71 bits per heavy atom.